The summed E-state index contributed by atoms with van der Waals surface area (Å²) in [5.74, 6) is -1.49. The molecule has 0 aromatic carbocycles. The van der Waals surface area contributed by atoms with Crippen LogP contribution in [0.3, 0.4) is 0 Å². The molecule has 0 bridgehead atoms. The summed E-state index contributed by atoms with van der Waals surface area (Å²) in [6, 6.07) is -0.434. The number of carbonyl (C=O) groups excluding carboxylic acids is 4. The van der Waals surface area contributed by atoms with Gasteiger partial charge in [-0.1, -0.05) is 20.8 Å². The summed E-state index contributed by atoms with van der Waals surface area (Å²) < 4.78 is 21.6. The fourth-order valence-electron chi connectivity index (χ4n) is 3.50. The summed E-state index contributed by atoms with van der Waals surface area (Å²) >= 11 is 1.12. The monoisotopic (exact) mass is 583 g/mol. The maximum absolute atomic E-state index is 13.5. The molecule has 2 amide bonds. The highest BCUT2D eigenvalue weighted by Crippen LogP contribution is 2.32. The Morgan fingerprint density at radius 2 is 1.62 bits per heavy atom. The highest BCUT2D eigenvalue weighted by molar-refractivity contribution is 7.09. The van der Waals surface area contributed by atoms with Crippen LogP contribution in [-0.2, 0) is 23.7 Å². The molecule has 40 heavy (non-hydrogen) atoms. The van der Waals surface area contributed by atoms with Crippen LogP contribution in [0, 0.1) is 5.92 Å². The molecule has 2 atom stereocenters. The Kier molecular flexibility index (Phi) is 12.6. The molecule has 0 saturated heterocycles. The van der Waals surface area contributed by atoms with Crippen molar-refractivity contribution in [2.45, 2.75) is 105 Å². The molecule has 1 N–H and O–H groups in total. The average Bonchev–Trinajstić information content (AvgIpc) is 3.31. The summed E-state index contributed by atoms with van der Waals surface area (Å²) in [5, 5.41) is 4.37. The lowest BCUT2D eigenvalue weighted by molar-refractivity contribution is -0.146. The van der Waals surface area contributed by atoms with Crippen molar-refractivity contribution in [3.05, 3.63) is 27.4 Å². The van der Waals surface area contributed by atoms with Gasteiger partial charge in [-0.05, 0) is 66.4 Å². The minimum absolute atomic E-state index is 0.0481. The zero-order valence-electron chi connectivity index (χ0n) is 25.8. The number of esters is 2. The van der Waals surface area contributed by atoms with E-state index in [2.05, 4.69) is 10.3 Å². The summed E-state index contributed by atoms with van der Waals surface area (Å²) in [4.78, 5) is 56.8. The highest BCUT2D eigenvalue weighted by atomic mass is 32.1. The van der Waals surface area contributed by atoms with Crippen LogP contribution in [-0.4, -0.2) is 65.4 Å². The number of allylic oxidation sites excluding steroid dienone is 1. The maximum atomic E-state index is 13.5. The minimum Gasteiger partial charge on any atom is -0.464 e. The molecule has 0 saturated carbocycles. The normalized spacial score (nSPS) is 14.0. The number of ether oxygens (including phenoxy) is 4. The van der Waals surface area contributed by atoms with E-state index in [0.29, 0.717) is 17.0 Å². The standard InChI is InChI=1S/C28H45N3O8S/c1-13-17(4)21(30-25(34)38-27(5,6)7)24(33)37-20(22-29-18(15-40-22)23(32)36-12)14-19(16(2)3)31(11)26(35)39-28(8,9)10/h15-16,19-20H,13-14H2,1-12H3,(H,30,34). The van der Waals surface area contributed by atoms with Crippen LogP contribution in [0.5, 0.6) is 0 Å². The molecule has 1 heterocycles. The molecule has 0 radical (unpaired) electrons. The first kappa shape index (κ1) is 34.9. The third-order valence-corrected chi connectivity index (χ3v) is 6.57. The first-order valence-corrected chi connectivity index (χ1v) is 14.1. The maximum Gasteiger partial charge on any atom is 0.412 e. The van der Waals surface area contributed by atoms with Gasteiger partial charge in [-0.25, -0.2) is 24.2 Å². The number of hydrogen-bond acceptors (Lipinski definition) is 10. The number of methoxy groups -OCH3 is 1. The molecule has 11 nitrogen and oxygen atoms in total. The molecule has 226 valence electrons. The fraction of sp³-hybridized carbons (Fsp3) is 0.679. The van der Waals surface area contributed by atoms with Crippen LogP contribution in [0.2, 0.25) is 0 Å². The molecule has 12 heteroatoms. The van der Waals surface area contributed by atoms with Crippen LogP contribution in [0.25, 0.3) is 0 Å². The van der Waals surface area contributed by atoms with E-state index in [0.717, 1.165) is 11.3 Å². The van der Waals surface area contributed by atoms with Gasteiger partial charge in [0, 0.05) is 24.9 Å². The van der Waals surface area contributed by atoms with Crippen LogP contribution >= 0.6 is 11.3 Å². The number of thiazole rings is 1. The molecule has 0 spiro atoms. The number of amides is 2. The summed E-state index contributed by atoms with van der Waals surface area (Å²) in [6.45, 7) is 17.9. The van der Waals surface area contributed by atoms with Gasteiger partial charge in [0.2, 0.25) is 0 Å². The second-order valence-corrected chi connectivity index (χ2v) is 12.6. The first-order valence-electron chi connectivity index (χ1n) is 13.2. The van der Waals surface area contributed by atoms with Gasteiger partial charge < -0.3 is 23.8 Å². The third kappa shape index (κ3) is 11.1. The Labute approximate surface area is 241 Å². The quantitative estimate of drug-likeness (QED) is 0.200. The van der Waals surface area contributed by atoms with Crippen LogP contribution < -0.4 is 5.32 Å². The van der Waals surface area contributed by atoms with Gasteiger partial charge in [0.25, 0.3) is 0 Å². The van der Waals surface area contributed by atoms with Gasteiger partial charge >= 0.3 is 24.1 Å². The third-order valence-electron chi connectivity index (χ3n) is 5.63. The van der Waals surface area contributed by atoms with Crippen LogP contribution in [0.1, 0.15) is 104 Å². The lowest BCUT2D eigenvalue weighted by Gasteiger charge is -2.34. The van der Waals surface area contributed by atoms with Gasteiger partial charge in [0.15, 0.2) is 11.8 Å². The molecule has 1 aromatic heterocycles. The van der Waals surface area contributed by atoms with Crippen molar-refractivity contribution in [3.8, 4) is 0 Å². The smallest absolute Gasteiger partial charge is 0.412 e. The Hall–Kier alpha value is -3.15. The van der Waals surface area contributed by atoms with Crippen molar-refractivity contribution >= 4 is 35.5 Å². The van der Waals surface area contributed by atoms with Crippen molar-refractivity contribution in [1.82, 2.24) is 15.2 Å². The number of nitrogens with zero attached hydrogens (tertiary/aromatic N) is 2. The van der Waals surface area contributed by atoms with E-state index in [1.807, 2.05) is 20.8 Å². The van der Waals surface area contributed by atoms with E-state index in [9.17, 15) is 19.2 Å². The van der Waals surface area contributed by atoms with E-state index in [-0.39, 0.29) is 23.7 Å². The van der Waals surface area contributed by atoms with Crippen molar-refractivity contribution in [3.63, 3.8) is 0 Å². The first-order chi connectivity index (χ1) is 18.3. The molecular weight excluding hydrogens is 538 g/mol. The zero-order chi connectivity index (χ0) is 31.0. The van der Waals surface area contributed by atoms with E-state index in [1.54, 1.807) is 55.5 Å². The predicted octanol–water partition coefficient (Wildman–Crippen LogP) is 6.00. The van der Waals surface area contributed by atoms with Gasteiger partial charge in [0.1, 0.15) is 21.9 Å². The largest absolute Gasteiger partial charge is 0.464 e. The SMILES string of the molecule is CCC(C)=C(NC(=O)OC(C)(C)C)C(=O)OC(CC(C(C)C)N(C)C(=O)OC(C)(C)C)c1nc(C(=O)OC)cs1. The predicted molar refractivity (Wildman–Crippen MR) is 152 cm³/mol. The molecule has 0 fully saturated rings. The number of carbonyl (C=O) groups is 4. The molecule has 0 aliphatic rings. The number of alkyl carbamates (subject to hydrolysis) is 1. The summed E-state index contributed by atoms with van der Waals surface area (Å²) in [6.07, 6.45) is -1.67. The molecule has 2 unspecified atom stereocenters. The lowest BCUT2D eigenvalue weighted by Crippen LogP contribution is -2.44. The molecular formula is C28H45N3O8S. The number of nitrogens with one attached hydrogen (secondary N) is 1. The fourth-order valence-corrected chi connectivity index (χ4v) is 4.33. The van der Waals surface area contributed by atoms with Gasteiger partial charge in [-0.3, -0.25) is 5.32 Å². The molecule has 0 aliphatic heterocycles. The highest BCUT2D eigenvalue weighted by Gasteiger charge is 2.34. The van der Waals surface area contributed by atoms with E-state index >= 15 is 0 Å². The van der Waals surface area contributed by atoms with Crippen molar-refractivity contribution < 1.29 is 38.1 Å². The number of hydrogen-bond donors (Lipinski definition) is 1. The topological polar surface area (TPSA) is 133 Å². The summed E-state index contributed by atoms with van der Waals surface area (Å²) in [7, 11) is 2.87. The van der Waals surface area contributed by atoms with Crippen LogP contribution in [0.4, 0.5) is 9.59 Å². The second kappa shape index (κ2) is 14.5. The summed E-state index contributed by atoms with van der Waals surface area (Å²) in [5.41, 5.74) is -0.876. The van der Waals surface area contributed by atoms with Gasteiger partial charge in [-0.15, -0.1) is 11.3 Å². The second-order valence-electron chi connectivity index (χ2n) is 11.7. The van der Waals surface area contributed by atoms with Crippen LogP contribution in [0.15, 0.2) is 16.7 Å². The van der Waals surface area contributed by atoms with Crippen molar-refractivity contribution in [2.24, 2.45) is 5.92 Å². The van der Waals surface area contributed by atoms with Gasteiger partial charge in [0.05, 0.1) is 7.11 Å². The molecule has 1 aromatic rings. The lowest BCUT2D eigenvalue weighted by atomic mass is 9.96. The molecule has 1 rings (SSSR count). The molecule has 0 aliphatic carbocycles. The van der Waals surface area contributed by atoms with Crippen molar-refractivity contribution in [1.29, 1.82) is 0 Å². The Balaban J connectivity index is 3.44. The Bertz CT molecular complexity index is 1080. The van der Waals surface area contributed by atoms with Gasteiger partial charge in [-0.2, -0.15) is 0 Å². The zero-order valence-corrected chi connectivity index (χ0v) is 26.6. The van der Waals surface area contributed by atoms with E-state index < -0.39 is 47.5 Å². The Morgan fingerprint density at radius 3 is 2.10 bits per heavy atom. The van der Waals surface area contributed by atoms with E-state index in [1.165, 1.54) is 17.4 Å². The number of rotatable bonds is 10. The van der Waals surface area contributed by atoms with Crippen molar-refractivity contribution in [2.75, 3.05) is 14.2 Å². The number of aromatic nitrogens is 1. The van der Waals surface area contributed by atoms with E-state index in [4.69, 9.17) is 18.9 Å². The average molecular weight is 584 g/mol. The minimum atomic E-state index is -0.965. The Morgan fingerprint density at radius 1 is 1.05 bits per heavy atom.